The summed E-state index contributed by atoms with van der Waals surface area (Å²) in [5.41, 5.74) is 2.30. The van der Waals surface area contributed by atoms with Gasteiger partial charge in [0.05, 0.1) is 30.1 Å². The van der Waals surface area contributed by atoms with Crippen LogP contribution in [0.1, 0.15) is 35.4 Å². The standard InChI is InChI=1S/C31H26F4N4O/c1-20(17-32)22-9-12-24(13-10-22)37-30-25-14-11-23(29-26(31(33,34)35)8-5-15-36-29)16-27(25)38-28(39-30)19-40-18-21-6-3-2-4-7-21/h2-16,20H,17-19H2,1H3,(H,37,38,39). The van der Waals surface area contributed by atoms with Crippen molar-refractivity contribution in [2.45, 2.75) is 32.2 Å². The van der Waals surface area contributed by atoms with Gasteiger partial charge in [-0.25, -0.2) is 9.97 Å². The molecule has 0 aliphatic heterocycles. The Bertz CT molecular complexity index is 1590. The van der Waals surface area contributed by atoms with E-state index in [1.807, 2.05) is 61.5 Å². The third kappa shape index (κ3) is 6.26. The Morgan fingerprint density at radius 3 is 2.38 bits per heavy atom. The molecule has 0 fully saturated rings. The Hall–Kier alpha value is -4.37. The topological polar surface area (TPSA) is 59.9 Å². The van der Waals surface area contributed by atoms with E-state index in [-0.39, 0.29) is 23.8 Å². The number of nitrogens with one attached hydrogen (secondary N) is 1. The Balaban J connectivity index is 1.51. The molecule has 1 N–H and O–H groups in total. The van der Waals surface area contributed by atoms with Crippen molar-refractivity contribution in [2.24, 2.45) is 0 Å². The van der Waals surface area contributed by atoms with Crippen molar-refractivity contribution in [1.82, 2.24) is 15.0 Å². The molecule has 5 rings (SSSR count). The fourth-order valence-corrected chi connectivity index (χ4v) is 4.30. The maximum atomic E-state index is 13.7. The third-order valence-corrected chi connectivity index (χ3v) is 6.45. The smallest absolute Gasteiger partial charge is 0.369 e. The SMILES string of the molecule is CC(CF)c1ccc(Nc2nc(COCc3ccccc3)nc3cc(-c4ncccc4C(F)(F)F)ccc23)cc1. The summed E-state index contributed by atoms with van der Waals surface area (Å²) in [6.45, 7) is 1.80. The van der Waals surface area contributed by atoms with Crippen LogP contribution in [0.2, 0.25) is 0 Å². The lowest BCUT2D eigenvalue weighted by Crippen LogP contribution is -2.08. The lowest BCUT2D eigenvalue weighted by Gasteiger charge is -2.15. The number of benzene rings is 3. The summed E-state index contributed by atoms with van der Waals surface area (Å²) in [6, 6.07) is 24.1. The molecule has 1 atom stereocenters. The van der Waals surface area contributed by atoms with Gasteiger partial charge in [0.15, 0.2) is 5.82 Å². The molecule has 2 aromatic heterocycles. The van der Waals surface area contributed by atoms with Crippen LogP contribution in [0.4, 0.5) is 29.1 Å². The van der Waals surface area contributed by atoms with Gasteiger partial charge in [-0.2, -0.15) is 13.2 Å². The van der Waals surface area contributed by atoms with Gasteiger partial charge in [-0.05, 0) is 47.5 Å². The van der Waals surface area contributed by atoms with Gasteiger partial charge in [-0.1, -0.05) is 55.5 Å². The lowest BCUT2D eigenvalue weighted by atomic mass is 10.0. The monoisotopic (exact) mass is 546 g/mol. The van der Waals surface area contributed by atoms with Crippen LogP contribution in [0.5, 0.6) is 0 Å². The fraction of sp³-hybridized carbons (Fsp3) is 0.194. The van der Waals surface area contributed by atoms with E-state index in [0.717, 1.165) is 22.9 Å². The second-order valence-corrected chi connectivity index (χ2v) is 9.40. The molecule has 0 bridgehead atoms. The van der Waals surface area contributed by atoms with Crippen LogP contribution in [0.15, 0.2) is 91.1 Å². The largest absolute Gasteiger partial charge is 0.418 e. The fourth-order valence-electron chi connectivity index (χ4n) is 4.30. The first kappa shape index (κ1) is 27.2. The first-order valence-electron chi connectivity index (χ1n) is 12.7. The minimum atomic E-state index is -4.56. The zero-order valence-electron chi connectivity index (χ0n) is 21.6. The molecule has 40 heavy (non-hydrogen) atoms. The van der Waals surface area contributed by atoms with Crippen molar-refractivity contribution < 1.29 is 22.3 Å². The first-order valence-corrected chi connectivity index (χ1v) is 12.7. The molecule has 5 aromatic rings. The third-order valence-electron chi connectivity index (χ3n) is 6.45. The summed E-state index contributed by atoms with van der Waals surface area (Å²) >= 11 is 0. The normalized spacial score (nSPS) is 12.4. The second kappa shape index (κ2) is 11.8. The van der Waals surface area contributed by atoms with Gasteiger partial charge in [0.1, 0.15) is 12.4 Å². The minimum absolute atomic E-state index is 0.0914. The predicted molar refractivity (Wildman–Crippen MR) is 147 cm³/mol. The molecule has 9 heteroatoms. The molecular weight excluding hydrogens is 520 g/mol. The van der Waals surface area contributed by atoms with Crippen molar-refractivity contribution in [1.29, 1.82) is 0 Å². The Morgan fingerprint density at radius 2 is 1.65 bits per heavy atom. The molecule has 0 saturated carbocycles. The van der Waals surface area contributed by atoms with Crippen LogP contribution in [-0.2, 0) is 24.1 Å². The van der Waals surface area contributed by atoms with Gasteiger partial charge < -0.3 is 10.1 Å². The van der Waals surface area contributed by atoms with Crippen molar-refractivity contribution in [3.8, 4) is 11.3 Å². The van der Waals surface area contributed by atoms with Crippen molar-refractivity contribution >= 4 is 22.4 Å². The van der Waals surface area contributed by atoms with E-state index in [4.69, 9.17) is 4.74 Å². The maximum Gasteiger partial charge on any atom is 0.418 e. The number of anilines is 2. The van der Waals surface area contributed by atoms with Crippen LogP contribution < -0.4 is 5.32 Å². The Morgan fingerprint density at radius 1 is 0.875 bits per heavy atom. The molecule has 2 heterocycles. The van der Waals surface area contributed by atoms with E-state index < -0.39 is 18.4 Å². The number of halogens is 4. The van der Waals surface area contributed by atoms with Gasteiger partial charge in [0.2, 0.25) is 0 Å². The van der Waals surface area contributed by atoms with Crippen molar-refractivity contribution in [3.63, 3.8) is 0 Å². The van der Waals surface area contributed by atoms with Crippen LogP contribution in [-0.4, -0.2) is 21.6 Å². The number of rotatable bonds is 9. The molecule has 1 unspecified atom stereocenters. The van der Waals surface area contributed by atoms with Gasteiger partial charge in [0, 0.05) is 28.8 Å². The number of hydrogen-bond acceptors (Lipinski definition) is 5. The molecule has 0 saturated heterocycles. The Labute approximate surface area is 228 Å². The lowest BCUT2D eigenvalue weighted by molar-refractivity contribution is -0.137. The number of ether oxygens (including phenoxy) is 1. The number of alkyl halides is 4. The summed E-state index contributed by atoms with van der Waals surface area (Å²) in [4.78, 5) is 13.3. The van der Waals surface area contributed by atoms with Gasteiger partial charge in [-0.3, -0.25) is 9.37 Å². The number of pyridine rings is 1. The number of fused-ring (bicyclic) bond motifs is 1. The van der Waals surface area contributed by atoms with Crippen molar-refractivity contribution in [2.75, 3.05) is 12.0 Å². The minimum Gasteiger partial charge on any atom is -0.369 e. The second-order valence-electron chi connectivity index (χ2n) is 9.40. The molecular formula is C31H26F4N4O. The summed E-state index contributed by atoms with van der Waals surface area (Å²) in [7, 11) is 0. The molecule has 5 nitrogen and oxygen atoms in total. The number of hydrogen-bond donors (Lipinski definition) is 1. The molecule has 3 aromatic carbocycles. The first-order chi connectivity index (χ1) is 19.3. The predicted octanol–water partition coefficient (Wildman–Crippen LogP) is 8.24. The average Bonchev–Trinajstić information content (AvgIpc) is 2.97. The molecule has 0 radical (unpaired) electrons. The molecule has 0 amide bonds. The summed E-state index contributed by atoms with van der Waals surface area (Å²) in [6.07, 6.45) is -3.22. The molecule has 0 spiro atoms. The summed E-state index contributed by atoms with van der Waals surface area (Å²) in [5, 5.41) is 3.89. The quantitative estimate of drug-likeness (QED) is 0.189. The van der Waals surface area contributed by atoms with Crippen LogP contribution >= 0.6 is 0 Å². The van der Waals surface area contributed by atoms with E-state index in [1.165, 1.54) is 12.3 Å². The van der Waals surface area contributed by atoms with Crippen LogP contribution in [0.3, 0.4) is 0 Å². The number of nitrogens with zero attached hydrogens (tertiary/aromatic N) is 3. The van der Waals surface area contributed by atoms with Crippen LogP contribution in [0.25, 0.3) is 22.2 Å². The van der Waals surface area contributed by atoms with E-state index in [9.17, 15) is 17.6 Å². The van der Waals surface area contributed by atoms with E-state index in [2.05, 4.69) is 20.3 Å². The highest BCUT2D eigenvalue weighted by atomic mass is 19.4. The molecule has 0 aliphatic carbocycles. The molecule has 204 valence electrons. The van der Waals surface area contributed by atoms with E-state index >= 15 is 0 Å². The van der Waals surface area contributed by atoms with Gasteiger partial charge >= 0.3 is 6.18 Å². The van der Waals surface area contributed by atoms with E-state index in [0.29, 0.717) is 29.2 Å². The summed E-state index contributed by atoms with van der Waals surface area (Å²) < 4.78 is 60.0. The highest BCUT2D eigenvalue weighted by Gasteiger charge is 2.34. The van der Waals surface area contributed by atoms with Crippen molar-refractivity contribution in [3.05, 3.63) is 114 Å². The zero-order chi connectivity index (χ0) is 28.1. The zero-order valence-corrected chi connectivity index (χ0v) is 21.6. The summed E-state index contributed by atoms with van der Waals surface area (Å²) in [5.74, 6) is 0.620. The highest BCUT2D eigenvalue weighted by Crippen LogP contribution is 2.37. The maximum absolute atomic E-state index is 13.7. The number of aromatic nitrogens is 3. The van der Waals surface area contributed by atoms with Gasteiger partial charge in [-0.15, -0.1) is 0 Å². The Kier molecular flexibility index (Phi) is 8.02. The van der Waals surface area contributed by atoms with Crippen LogP contribution in [0, 0.1) is 0 Å². The average molecular weight is 547 g/mol. The highest BCUT2D eigenvalue weighted by molar-refractivity contribution is 5.93. The van der Waals surface area contributed by atoms with E-state index in [1.54, 1.807) is 18.2 Å². The molecule has 0 aliphatic rings. The van der Waals surface area contributed by atoms with Gasteiger partial charge in [0.25, 0.3) is 0 Å².